The molecule has 0 spiro atoms. The summed E-state index contributed by atoms with van der Waals surface area (Å²) in [4.78, 5) is 8.65. The number of rotatable bonds is 1. The average molecular weight is 173 g/mol. The molecule has 1 saturated carbocycles. The Labute approximate surface area is 76.4 Å². The van der Waals surface area contributed by atoms with Gasteiger partial charge in [-0.3, -0.25) is 4.98 Å². The molecule has 3 rings (SSSR count). The molecule has 0 aromatic carbocycles. The first-order chi connectivity index (χ1) is 6.36. The normalized spacial score (nSPS) is 16.7. The molecule has 1 aliphatic rings. The second-order valence-electron chi connectivity index (χ2n) is 3.67. The number of nitrogens with zero attached hydrogens (tertiary/aromatic N) is 3. The van der Waals surface area contributed by atoms with E-state index < -0.39 is 0 Å². The number of imidazole rings is 1. The molecule has 2 heterocycles. The Hall–Kier alpha value is -1.38. The quantitative estimate of drug-likeness (QED) is 0.658. The molecule has 2 aromatic rings. The maximum Gasteiger partial charge on any atom is 0.112 e. The highest BCUT2D eigenvalue weighted by atomic mass is 15.1. The van der Waals surface area contributed by atoms with E-state index in [2.05, 4.69) is 21.6 Å². The highest BCUT2D eigenvalue weighted by molar-refractivity contribution is 5.74. The molecule has 0 aliphatic heterocycles. The van der Waals surface area contributed by atoms with E-state index in [0.29, 0.717) is 5.92 Å². The Balaban J connectivity index is 2.30. The smallest absolute Gasteiger partial charge is 0.112 e. The van der Waals surface area contributed by atoms with Crippen LogP contribution in [0, 0.1) is 0 Å². The molecule has 0 amide bonds. The molecular formula is C10H11N3. The molecule has 1 fully saturated rings. The predicted octanol–water partition coefficient (Wildman–Crippen LogP) is 1.85. The summed E-state index contributed by atoms with van der Waals surface area (Å²) in [6, 6.07) is 2.02. The minimum absolute atomic E-state index is 0.706. The molecule has 0 N–H and O–H groups in total. The van der Waals surface area contributed by atoms with Crippen LogP contribution in [0.1, 0.15) is 24.6 Å². The van der Waals surface area contributed by atoms with Crippen molar-refractivity contribution in [3.63, 3.8) is 0 Å². The Bertz CT molecular complexity index is 454. The highest BCUT2D eigenvalue weighted by Crippen LogP contribution is 2.39. The van der Waals surface area contributed by atoms with Gasteiger partial charge in [-0.15, -0.1) is 0 Å². The fourth-order valence-electron chi connectivity index (χ4n) is 1.78. The fraction of sp³-hybridized carbons (Fsp3) is 0.400. The van der Waals surface area contributed by atoms with Crippen molar-refractivity contribution in [3.8, 4) is 0 Å². The van der Waals surface area contributed by atoms with Crippen LogP contribution in [-0.4, -0.2) is 14.5 Å². The van der Waals surface area contributed by atoms with Crippen LogP contribution in [0.5, 0.6) is 0 Å². The molecule has 2 aromatic heterocycles. The first-order valence-corrected chi connectivity index (χ1v) is 4.62. The monoisotopic (exact) mass is 173 g/mol. The van der Waals surface area contributed by atoms with Crippen molar-refractivity contribution >= 4 is 11.0 Å². The van der Waals surface area contributed by atoms with Crippen molar-refractivity contribution in [2.24, 2.45) is 7.05 Å². The second kappa shape index (κ2) is 2.31. The van der Waals surface area contributed by atoms with Crippen LogP contribution in [-0.2, 0) is 7.05 Å². The van der Waals surface area contributed by atoms with E-state index in [4.69, 9.17) is 0 Å². The van der Waals surface area contributed by atoms with Crippen LogP contribution in [0.25, 0.3) is 11.0 Å². The zero-order valence-corrected chi connectivity index (χ0v) is 7.57. The Morgan fingerprint density at radius 2 is 2.31 bits per heavy atom. The fourth-order valence-corrected chi connectivity index (χ4v) is 1.78. The van der Waals surface area contributed by atoms with Crippen LogP contribution in [0.4, 0.5) is 0 Å². The van der Waals surface area contributed by atoms with Gasteiger partial charge in [-0.05, 0) is 18.9 Å². The molecule has 3 heteroatoms. The van der Waals surface area contributed by atoms with Crippen molar-refractivity contribution in [1.29, 1.82) is 0 Å². The van der Waals surface area contributed by atoms with Gasteiger partial charge in [0.05, 0.1) is 11.7 Å². The first kappa shape index (κ1) is 7.06. The van der Waals surface area contributed by atoms with Gasteiger partial charge in [0.15, 0.2) is 0 Å². The SMILES string of the molecule is Cn1c(C2CC2)nc2cnccc21. The molecular weight excluding hydrogens is 162 g/mol. The predicted molar refractivity (Wildman–Crippen MR) is 50.5 cm³/mol. The topological polar surface area (TPSA) is 30.7 Å². The van der Waals surface area contributed by atoms with E-state index in [-0.39, 0.29) is 0 Å². The summed E-state index contributed by atoms with van der Waals surface area (Å²) in [5.41, 5.74) is 2.21. The van der Waals surface area contributed by atoms with Crippen LogP contribution in [0.15, 0.2) is 18.5 Å². The van der Waals surface area contributed by atoms with Crippen molar-refractivity contribution in [2.45, 2.75) is 18.8 Å². The maximum absolute atomic E-state index is 4.57. The number of hydrogen-bond acceptors (Lipinski definition) is 2. The Morgan fingerprint density at radius 3 is 3.00 bits per heavy atom. The lowest BCUT2D eigenvalue weighted by Crippen LogP contribution is -1.94. The van der Waals surface area contributed by atoms with E-state index in [1.807, 2.05) is 18.5 Å². The molecule has 3 nitrogen and oxygen atoms in total. The van der Waals surface area contributed by atoms with Gasteiger partial charge in [-0.1, -0.05) is 0 Å². The minimum Gasteiger partial charge on any atom is -0.331 e. The number of aryl methyl sites for hydroxylation is 1. The lowest BCUT2D eigenvalue weighted by molar-refractivity contribution is 0.820. The van der Waals surface area contributed by atoms with Crippen molar-refractivity contribution in [1.82, 2.24) is 14.5 Å². The third-order valence-corrected chi connectivity index (χ3v) is 2.66. The molecule has 0 radical (unpaired) electrons. The van der Waals surface area contributed by atoms with E-state index in [9.17, 15) is 0 Å². The van der Waals surface area contributed by atoms with Crippen molar-refractivity contribution in [2.75, 3.05) is 0 Å². The van der Waals surface area contributed by atoms with Gasteiger partial charge in [-0.2, -0.15) is 0 Å². The molecule has 66 valence electrons. The summed E-state index contributed by atoms with van der Waals surface area (Å²) in [6.07, 6.45) is 6.25. The Kier molecular flexibility index (Phi) is 1.26. The van der Waals surface area contributed by atoms with Gasteiger partial charge in [0.2, 0.25) is 0 Å². The zero-order valence-electron chi connectivity index (χ0n) is 7.57. The van der Waals surface area contributed by atoms with E-state index in [1.54, 1.807) is 0 Å². The molecule has 0 bridgehead atoms. The molecule has 0 saturated heterocycles. The Morgan fingerprint density at radius 1 is 1.46 bits per heavy atom. The van der Waals surface area contributed by atoms with E-state index in [1.165, 1.54) is 24.2 Å². The standard InChI is InChI=1S/C10H11N3/c1-13-9-4-5-11-6-8(9)12-10(13)7-2-3-7/h4-7H,2-3H2,1H3. The highest BCUT2D eigenvalue weighted by Gasteiger charge is 2.28. The lowest BCUT2D eigenvalue weighted by Gasteiger charge is -1.97. The third kappa shape index (κ3) is 0.963. The zero-order chi connectivity index (χ0) is 8.84. The largest absolute Gasteiger partial charge is 0.331 e. The number of fused-ring (bicyclic) bond motifs is 1. The van der Waals surface area contributed by atoms with Gasteiger partial charge in [0.1, 0.15) is 11.3 Å². The van der Waals surface area contributed by atoms with Gasteiger partial charge < -0.3 is 4.57 Å². The second-order valence-corrected chi connectivity index (χ2v) is 3.67. The van der Waals surface area contributed by atoms with Crippen molar-refractivity contribution in [3.05, 3.63) is 24.3 Å². The summed E-state index contributed by atoms with van der Waals surface area (Å²) in [6.45, 7) is 0. The molecule has 0 unspecified atom stereocenters. The third-order valence-electron chi connectivity index (χ3n) is 2.66. The number of pyridine rings is 1. The maximum atomic E-state index is 4.57. The first-order valence-electron chi connectivity index (χ1n) is 4.62. The van der Waals surface area contributed by atoms with Gasteiger partial charge >= 0.3 is 0 Å². The summed E-state index contributed by atoms with van der Waals surface area (Å²) < 4.78 is 2.19. The number of aromatic nitrogens is 3. The summed E-state index contributed by atoms with van der Waals surface area (Å²) >= 11 is 0. The van der Waals surface area contributed by atoms with Gasteiger partial charge in [-0.25, -0.2) is 4.98 Å². The lowest BCUT2D eigenvalue weighted by atomic mass is 10.4. The molecule has 1 aliphatic carbocycles. The van der Waals surface area contributed by atoms with Crippen LogP contribution < -0.4 is 0 Å². The van der Waals surface area contributed by atoms with E-state index in [0.717, 1.165) is 5.52 Å². The minimum atomic E-state index is 0.706. The van der Waals surface area contributed by atoms with Crippen molar-refractivity contribution < 1.29 is 0 Å². The van der Waals surface area contributed by atoms with Crippen LogP contribution >= 0.6 is 0 Å². The molecule has 0 atom stereocenters. The van der Waals surface area contributed by atoms with Gasteiger partial charge in [0, 0.05) is 19.2 Å². The molecule has 13 heavy (non-hydrogen) atoms. The number of hydrogen-bond donors (Lipinski definition) is 0. The summed E-state index contributed by atoms with van der Waals surface area (Å²) in [5.74, 6) is 1.93. The average Bonchev–Trinajstić information content (AvgIpc) is 2.94. The van der Waals surface area contributed by atoms with E-state index >= 15 is 0 Å². The summed E-state index contributed by atoms with van der Waals surface area (Å²) in [7, 11) is 2.09. The van der Waals surface area contributed by atoms with Crippen LogP contribution in [0.2, 0.25) is 0 Å². The van der Waals surface area contributed by atoms with Crippen LogP contribution in [0.3, 0.4) is 0 Å². The van der Waals surface area contributed by atoms with Gasteiger partial charge in [0.25, 0.3) is 0 Å². The summed E-state index contributed by atoms with van der Waals surface area (Å²) in [5, 5.41) is 0.